The highest BCUT2D eigenvalue weighted by atomic mass is 35.5. The first kappa shape index (κ1) is 109. The summed E-state index contributed by atoms with van der Waals surface area (Å²) in [5, 5.41) is 6.73. The first-order valence-electron chi connectivity index (χ1n) is 50.7. The van der Waals surface area contributed by atoms with Crippen molar-refractivity contribution in [3.05, 3.63) is 162 Å². The number of hydrogen-bond donors (Lipinski definition) is 1. The van der Waals surface area contributed by atoms with Crippen molar-refractivity contribution in [3.63, 3.8) is 0 Å². The maximum absolute atomic E-state index is 13.6. The predicted molar refractivity (Wildman–Crippen MR) is 531 cm³/mol. The summed E-state index contributed by atoms with van der Waals surface area (Å²) in [5.74, 6) is 0.708. The first-order valence-corrected chi connectivity index (χ1v) is 52.9. The van der Waals surface area contributed by atoms with Crippen LogP contribution < -0.4 is 0 Å². The molecule has 0 aromatic heterocycles. The molecule has 4 aromatic carbocycles. The number of fused-ring (bicyclic) bond motifs is 16. The quantitative estimate of drug-likeness (QED) is 0.0229. The second-order valence-electron chi connectivity index (χ2n) is 42.8. The fraction of sp³-hybridized carbons (Fsp3) is 0.685. The summed E-state index contributed by atoms with van der Waals surface area (Å²) in [4.78, 5) is 89.3. The van der Waals surface area contributed by atoms with E-state index in [1.165, 1.54) is 11.1 Å². The average Bonchev–Trinajstić information content (AvgIpc) is 1.54. The second-order valence-corrected chi connectivity index (χ2v) is 45.0. The lowest BCUT2D eigenvalue weighted by Gasteiger charge is -2.53. The van der Waals surface area contributed by atoms with Gasteiger partial charge in [0.25, 0.3) is 0 Å². The van der Waals surface area contributed by atoms with Gasteiger partial charge in [-0.25, -0.2) is 0 Å². The van der Waals surface area contributed by atoms with E-state index in [9.17, 15) is 38.7 Å². The minimum atomic E-state index is -1.25. The number of esters is 7. The minimum absolute atomic E-state index is 0.0107. The molecule has 21 nitrogen and oxygen atoms in total. The molecule has 4 aliphatic carbocycles. The summed E-state index contributed by atoms with van der Waals surface area (Å²) in [6.45, 7) is 47.3. The highest BCUT2D eigenvalue weighted by molar-refractivity contribution is 6.37. The number of carbonyl (C=O) groups excluding carboxylic acids is 7. The van der Waals surface area contributed by atoms with Gasteiger partial charge in [0.05, 0.1) is 11.6 Å². The van der Waals surface area contributed by atoms with Crippen LogP contribution in [0, 0.1) is 94.7 Å². The molecule has 8 bridgehead atoms. The molecule has 4 saturated carbocycles. The Hall–Kier alpha value is -6.34. The largest absolute Gasteiger partial charge is 0.494 e. The van der Waals surface area contributed by atoms with Crippen molar-refractivity contribution in [3.8, 4) is 0 Å². The summed E-state index contributed by atoms with van der Waals surface area (Å²) in [5.41, 5.74) is -0.279. The van der Waals surface area contributed by atoms with Crippen LogP contribution in [0.5, 0.6) is 0 Å². The van der Waals surface area contributed by atoms with Crippen molar-refractivity contribution < 1.29 is 100 Å². The van der Waals surface area contributed by atoms with Gasteiger partial charge in [0, 0.05) is 87.2 Å². The van der Waals surface area contributed by atoms with E-state index >= 15 is 0 Å². The van der Waals surface area contributed by atoms with Crippen molar-refractivity contribution in [1.29, 1.82) is 0 Å². The summed E-state index contributed by atoms with van der Waals surface area (Å²) in [6, 6.07) is 37.8. The molecular formula is C111H153Cl5O21. The van der Waals surface area contributed by atoms with Crippen LogP contribution in [0.25, 0.3) is 6.08 Å². The Morgan fingerprint density at radius 1 is 0.394 bits per heavy atom. The molecule has 758 valence electrons. The lowest BCUT2D eigenvalue weighted by atomic mass is 9.69. The zero-order valence-corrected chi connectivity index (χ0v) is 88.1. The average molecular weight is 2000 g/mol. The number of aliphatic hydroxyl groups is 1. The van der Waals surface area contributed by atoms with Crippen LogP contribution in [0.1, 0.15) is 288 Å². The molecule has 34 unspecified atom stereocenters. The Labute approximate surface area is 839 Å². The van der Waals surface area contributed by atoms with E-state index in [1.54, 1.807) is 51.3 Å². The number of carbonyl (C=O) groups is 7. The molecule has 0 radical (unpaired) electrons. The Morgan fingerprint density at radius 2 is 0.672 bits per heavy atom. The number of alkyl halides is 4. The number of hydrogen-bond acceptors (Lipinski definition) is 21. The number of ether oxygens (including phenoxy) is 13. The lowest BCUT2D eigenvalue weighted by molar-refractivity contribution is -0.266. The molecule has 16 rings (SSSR count). The molecule has 0 amide bonds. The van der Waals surface area contributed by atoms with E-state index in [1.807, 2.05) is 117 Å². The van der Waals surface area contributed by atoms with Crippen LogP contribution in [0.15, 0.2) is 140 Å². The van der Waals surface area contributed by atoms with Crippen LogP contribution in [-0.2, 0) is 95.1 Å². The van der Waals surface area contributed by atoms with Crippen LogP contribution >= 0.6 is 58.0 Å². The normalized spacial score (nSPS) is 37.5. The number of halogens is 5. The topological polar surface area (TPSA) is 260 Å². The molecule has 8 aliphatic heterocycles. The summed E-state index contributed by atoms with van der Waals surface area (Å²) in [7, 11) is 0. The maximum Gasteiger partial charge on any atom is 0.327 e. The second kappa shape index (κ2) is 45.3. The lowest BCUT2D eigenvalue weighted by Crippen LogP contribution is -2.62. The summed E-state index contributed by atoms with van der Waals surface area (Å²) < 4.78 is 82.1. The van der Waals surface area contributed by atoms with Gasteiger partial charge in [-0.05, 0) is 179 Å². The minimum Gasteiger partial charge on any atom is -0.494 e. The van der Waals surface area contributed by atoms with Crippen LogP contribution in [-0.4, -0.2) is 163 Å². The molecule has 1 N–H and O–H groups in total. The van der Waals surface area contributed by atoms with Gasteiger partial charge in [-0.3, -0.25) is 33.6 Å². The van der Waals surface area contributed by atoms with Gasteiger partial charge < -0.3 is 66.7 Å². The van der Waals surface area contributed by atoms with E-state index in [4.69, 9.17) is 120 Å². The number of aliphatic hydroxyl groups excluding tert-OH is 1. The van der Waals surface area contributed by atoms with Crippen molar-refractivity contribution >= 4 is 106 Å². The van der Waals surface area contributed by atoms with Crippen LogP contribution in [0.4, 0.5) is 0 Å². The van der Waals surface area contributed by atoms with Crippen molar-refractivity contribution in [2.24, 2.45) is 94.7 Å². The monoisotopic (exact) mass is 2000 g/mol. The van der Waals surface area contributed by atoms with E-state index in [2.05, 4.69) is 117 Å². The van der Waals surface area contributed by atoms with Crippen molar-refractivity contribution in [2.75, 3.05) is 6.61 Å². The third kappa shape index (κ3) is 21.3. The number of rotatable bonds is 29. The van der Waals surface area contributed by atoms with Crippen molar-refractivity contribution in [2.45, 2.75) is 375 Å². The van der Waals surface area contributed by atoms with E-state index in [0.29, 0.717) is 99.0 Å². The predicted octanol–water partition coefficient (Wildman–Crippen LogP) is 23.7. The highest BCUT2D eigenvalue weighted by Gasteiger charge is 2.77. The Kier molecular flexibility index (Phi) is 36.2. The van der Waals surface area contributed by atoms with E-state index in [-0.39, 0.29) is 107 Å². The zero-order chi connectivity index (χ0) is 100. The van der Waals surface area contributed by atoms with E-state index in [0.717, 1.165) is 62.5 Å². The molecule has 26 heteroatoms. The molecule has 12 fully saturated rings. The zero-order valence-electron chi connectivity index (χ0n) is 84.3. The van der Waals surface area contributed by atoms with Gasteiger partial charge in [-0.15, -0.1) is 46.4 Å². The standard InChI is InChI=1S/C29H41ClO6.C27H36Cl2O5.C27H37ClO6.C20H31ClO4.C8H8/c1-7-22(31)34-21-16-29(17(3)4)26(23-18(5)14-15-20(23)28(21,6)36-29)35-27(32)24(30)25(33-8-2)19-12-10-9-11-13-19;1-6-20(30)32-19-14-27(15(2)3)24(21-16(4)12-13-18(21)26(19,5)34-27)33-25(31)23(29)22(28)17-10-8-7-9-11-17;1-6-20(29)32-19-14-27(15(2)3)24(21-16(4)12-13-18(21)26(19,5)34-27)33-25(31)22(28)23(30)17-10-8-7-9-11-17;1-6-16(22)24-15-11-20(12(2)3)18(23-10-9-21)17-13(4)7-8-14(17)19(15,5)25-20;1-2-8-6-4-3-5-7-8/h9-13,17-18,20-21,23-26H,7-8,14-16H2,1-6H3;7-11,15-16,18-19,21-24H,6,12-14H2,1-5H3;7-11,15-16,18-19,21-24,30H,6,12-14H2,1-5H3;9-10,12-15,17-18H,6-8,11H2,1-5H3;2-7H,1H2. The SMILES string of the molecule is C=Cc1ccccc1.CCC(=O)OC1CC2(C(C)C)OC1(C)C1CCC(C)C1C2OC(=O)C(Cl)C(Cl)c1ccccc1.CCC(=O)OC1CC2(C(C)C)OC1(C)C1CCC(C)C1C2OC(=O)C(Cl)C(O)c1ccccc1.CCC(=O)OC1CC2(C(C)C)OC1(C)C1CCC(C)C1C2OC=CCl.CCOC(c1ccccc1)C(Cl)C(=O)OC1C2C(C)CCC2C2(C)OC1(C(C)C)CC2OC(=O)CC. The summed E-state index contributed by atoms with van der Waals surface area (Å²) >= 11 is 32.1. The van der Waals surface area contributed by atoms with Gasteiger partial charge in [0.2, 0.25) is 0 Å². The smallest absolute Gasteiger partial charge is 0.327 e. The third-order valence-electron chi connectivity index (χ3n) is 34.1. The third-order valence-corrected chi connectivity index (χ3v) is 36.1. The molecule has 8 saturated heterocycles. The molecule has 137 heavy (non-hydrogen) atoms. The fourth-order valence-corrected chi connectivity index (χ4v) is 27.4. The van der Waals surface area contributed by atoms with Crippen LogP contribution in [0.2, 0.25) is 0 Å². The first-order chi connectivity index (χ1) is 64.9. The van der Waals surface area contributed by atoms with Gasteiger partial charge in [-0.1, -0.05) is 256 Å². The molecular weight excluding hydrogens is 1850 g/mol. The molecule has 8 heterocycles. The highest BCUT2D eigenvalue weighted by Crippen LogP contribution is 2.69. The van der Waals surface area contributed by atoms with Crippen LogP contribution in [0.3, 0.4) is 0 Å². The fourth-order valence-electron chi connectivity index (χ4n) is 26.4. The molecule has 4 aromatic rings. The van der Waals surface area contributed by atoms with E-state index < -0.39 is 121 Å². The molecule has 34 atom stereocenters. The van der Waals surface area contributed by atoms with Gasteiger partial charge >= 0.3 is 41.8 Å². The Balaban J connectivity index is 0.000000160. The Morgan fingerprint density at radius 3 is 0.956 bits per heavy atom. The Bertz CT molecular complexity index is 4610. The molecule has 0 spiro atoms. The van der Waals surface area contributed by atoms with Gasteiger partial charge in [0.15, 0.2) is 16.1 Å². The number of benzene rings is 4. The molecule has 12 aliphatic rings. The van der Waals surface area contributed by atoms with Crippen molar-refractivity contribution in [1.82, 2.24) is 0 Å². The van der Waals surface area contributed by atoms with Gasteiger partial charge in [0.1, 0.15) is 106 Å². The maximum atomic E-state index is 13.6. The summed E-state index contributed by atoms with van der Waals surface area (Å²) in [6.07, 6.45) is 10.2. The van der Waals surface area contributed by atoms with Gasteiger partial charge in [-0.2, -0.15) is 0 Å².